The smallest absolute Gasteiger partial charge is 0.306 e. The lowest BCUT2D eigenvalue weighted by atomic mass is 10.0. The van der Waals surface area contributed by atoms with Crippen molar-refractivity contribution in [1.82, 2.24) is 0 Å². The minimum atomic E-state index is -0.533. The molecule has 51 heavy (non-hydrogen) atoms. The van der Waals surface area contributed by atoms with Crippen molar-refractivity contribution in [2.45, 2.75) is 225 Å². The topological polar surface area (TPSA) is 55.8 Å². The van der Waals surface area contributed by atoms with Gasteiger partial charge in [-0.15, -0.1) is 0 Å². The van der Waals surface area contributed by atoms with Crippen LogP contribution in [0.25, 0.3) is 0 Å². The van der Waals surface area contributed by atoms with E-state index in [-0.39, 0.29) is 12.6 Å². The SMILES string of the molecule is CC/C=C\C/C=C\C/C=C\C/C=C\CCCCCCCCCCCCCCC(=O)OC(CO)COCCCCCCCCCCCCCCCC. The van der Waals surface area contributed by atoms with E-state index in [9.17, 15) is 9.90 Å². The lowest BCUT2D eigenvalue weighted by Crippen LogP contribution is -2.27. The van der Waals surface area contributed by atoms with Crippen LogP contribution in [0.4, 0.5) is 0 Å². The summed E-state index contributed by atoms with van der Waals surface area (Å²) in [5.74, 6) is -0.201. The Hall–Kier alpha value is -1.65. The zero-order valence-corrected chi connectivity index (χ0v) is 34.1. The molecule has 0 saturated carbocycles. The summed E-state index contributed by atoms with van der Waals surface area (Å²) in [6, 6.07) is 0. The van der Waals surface area contributed by atoms with Crippen LogP contribution in [0.3, 0.4) is 0 Å². The van der Waals surface area contributed by atoms with Gasteiger partial charge in [-0.25, -0.2) is 0 Å². The number of rotatable bonds is 41. The molecule has 0 heterocycles. The van der Waals surface area contributed by atoms with Crippen molar-refractivity contribution in [3.05, 3.63) is 48.6 Å². The third-order valence-corrected chi connectivity index (χ3v) is 9.67. The quantitative estimate of drug-likeness (QED) is 0.0389. The van der Waals surface area contributed by atoms with E-state index >= 15 is 0 Å². The fourth-order valence-electron chi connectivity index (χ4n) is 6.38. The number of esters is 1. The Morgan fingerprint density at radius 2 is 0.882 bits per heavy atom. The molecule has 1 N–H and O–H groups in total. The average Bonchev–Trinajstić information content (AvgIpc) is 3.14. The number of allylic oxidation sites excluding steroid dienone is 8. The molecule has 0 aromatic rings. The summed E-state index contributed by atoms with van der Waals surface area (Å²) in [5.41, 5.74) is 0. The van der Waals surface area contributed by atoms with Crippen LogP contribution in [0.15, 0.2) is 48.6 Å². The molecule has 0 aliphatic carbocycles. The molecule has 0 aliphatic heterocycles. The summed E-state index contributed by atoms with van der Waals surface area (Å²) >= 11 is 0. The Balaban J connectivity index is 3.41. The number of hydrogen-bond donors (Lipinski definition) is 1. The van der Waals surface area contributed by atoms with Crippen molar-refractivity contribution in [2.24, 2.45) is 0 Å². The number of aliphatic hydroxyl groups is 1. The maximum Gasteiger partial charge on any atom is 0.306 e. The van der Waals surface area contributed by atoms with Crippen molar-refractivity contribution in [3.8, 4) is 0 Å². The van der Waals surface area contributed by atoms with Gasteiger partial charge < -0.3 is 14.6 Å². The first-order chi connectivity index (χ1) is 25.2. The fraction of sp³-hybridized carbons (Fsp3) is 0.809. The number of carbonyl (C=O) groups is 1. The van der Waals surface area contributed by atoms with Gasteiger partial charge in [-0.2, -0.15) is 0 Å². The van der Waals surface area contributed by atoms with Gasteiger partial charge >= 0.3 is 5.97 Å². The van der Waals surface area contributed by atoms with Gasteiger partial charge in [-0.3, -0.25) is 4.79 Å². The van der Waals surface area contributed by atoms with E-state index in [1.54, 1.807) is 0 Å². The molecule has 0 aromatic heterocycles. The van der Waals surface area contributed by atoms with Crippen LogP contribution in [-0.2, 0) is 14.3 Å². The first kappa shape index (κ1) is 49.4. The third-order valence-electron chi connectivity index (χ3n) is 9.67. The molecule has 0 bridgehead atoms. The summed E-state index contributed by atoms with van der Waals surface area (Å²) in [6.07, 6.45) is 57.5. The molecule has 0 fully saturated rings. The number of hydrogen-bond acceptors (Lipinski definition) is 4. The molecule has 1 unspecified atom stereocenters. The summed E-state index contributed by atoms with van der Waals surface area (Å²) in [5, 5.41) is 9.60. The number of aliphatic hydroxyl groups excluding tert-OH is 1. The van der Waals surface area contributed by atoms with Gasteiger partial charge in [0, 0.05) is 13.0 Å². The molecule has 298 valence electrons. The Labute approximate surface area is 318 Å². The zero-order valence-electron chi connectivity index (χ0n) is 34.1. The Morgan fingerprint density at radius 3 is 1.33 bits per heavy atom. The highest BCUT2D eigenvalue weighted by molar-refractivity contribution is 5.69. The first-order valence-corrected chi connectivity index (χ1v) is 22.2. The largest absolute Gasteiger partial charge is 0.457 e. The normalized spacial score (nSPS) is 12.8. The van der Waals surface area contributed by atoms with Crippen molar-refractivity contribution in [1.29, 1.82) is 0 Å². The second kappa shape index (κ2) is 44.5. The number of unbranched alkanes of at least 4 members (excludes halogenated alkanes) is 25. The lowest BCUT2D eigenvalue weighted by molar-refractivity contribution is -0.154. The monoisotopic (exact) mass is 715 g/mol. The number of ether oxygens (including phenoxy) is 2. The van der Waals surface area contributed by atoms with Crippen LogP contribution >= 0.6 is 0 Å². The van der Waals surface area contributed by atoms with E-state index in [0.29, 0.717) is 19.6 Å². The van der Waals surface area contributed by atoms with E-state index in [0.717, 1.165) is 44.9 Å². The minimum absolute atomic E-state index is 0.170. The zero-order chi connectivity index (χ0) is 37.0. The minimum Gasteiger partial charge on any atom is -0.457 e. The lowest BCUT2D eigenvalue weighted by Gasteiger charge is -2.16. The van der Waals surface area contributed by atoms with Crippen LogP contribution in [0, 0.1) is 0 Å². The van der Waals surface area contributed by atoms with Gasteiger partial charge in [-0.05, 0) is 51.4 Å². The Kier molecular flexibility index (Phi) is 43.1. The van der Waals surface area contributed by atoms with Gasteiger partial charge in [0.05, 0.1) is 13.2 Å². The van der Waals surface area contributed by atoms with Gasteiger partial charge in [-0.1, -0.05) is 210 Å². The van der Waals surface area contributed by atoms with Crippen LogP contribution in [0.2, 0.25) is 0 Å². The average molecular weight is 715 g/mol. The summed E-state index contributed by atoms with van der Waals surface area (Å²) < 4.78 is 11.2. The number of carbonyl (C=O) groups excluding carboxylic acids is 1. The highest BCUT2D eigenvalue weighted by atomic mass is 16.6. The molecule has 4 nitrogen and oxygen atoms in total. The molecule has 1 atom stereocenters. The standard InChI is InChI=1S/C47H86O4/c1-3-5-7-9-11-13-15-17-19-20-21-22-23-24-25-26-27-28-29-30-32-34-36-38-40-42-47(49)51-46(44-48)45-50-43-41-39-37-35-33-31-18-16-14-12-10-8-6-4-2/h5,7,11,13,17,19,21-22,46,48H,3-4,6,8-10,12,14-16,18,20,23-45H2,1-2H3/b7-5-,13-11-,19-17-,22-21-. The predicted molar refractivity (Wildman–Crippen MR) is 223 cm³/mol. The summed E-state index contributed by atoms with van der Waals surface area (Å²) in [4.78, 5) is 12.2. The Morgan fingerprint density at radius 1 is 0.490 bits per heavy atom. The van der Waals surface area contributed by atoms with Gasteiger partial charge in [0.1, 0.15) is 6.10 Å². The van der Waals surface area contributed by atoms with E-state index in [4.69, 9.17) is 9.47 Å². The van der Waals surface area contributed by atoms with Gasteiger partial charge in [0.2, 0.25) is 0 Å². The summed E-state index contributed by atoms with van der Waals surface area (Å²) in [6.45, 7) is 5.26. The predicted octanol–water partition coefficient (Wildman–Crippen LogP) is 14.7. The molecule has 0 saturated heterocycles. The van der Waals surface area contributed by atoms with Gasteiger partial charge in [0.15, 0.2) is 0 Å². The third kappa shape index (κ3) is 42.7. The van der Waals surface area contributed by atoms with E-state index in [2.05, 4.69) is 62.5 Å². The highest BCUT2D eigenvalue weighted by Crippen LogP contribution is 2.15. The first-order valence-electron chi connectivity index (χ1n) is 22.2. The van der Waals surface area contributed by atoms with E-state index in [1.165, 1.54) is 154 Å². The summed E-state index contributed by atoms with van der Waals surface area (Å²) in [7, 11) is 0. The van der Waals surface area contributed by atoms with Crippen molar-refractivity contribution >= 4 is 5.97 Å². The van der Waals surface area contributed by atoms with Crippen LogP contribution < -0.4 is 0 Å². The molecular formula is C47H86O4. The molecule has 4 heteroatoms. The maximum absolute atomic E-state index is 12.2. The van der Waals surface area contributed by atoms with Gasteiger partial charge in [0.25, 0.3) is 0 Å². The van der Waals surface area contributed by atoms with Crippen molar-refractivity contribution < 1.29 is 19.4 Å². The second-order valence-corrected chi connectivity index (χ2v) is 14.7. The van der Waals surface area contributed by atoms with Crippen LogP contribution in [-0.4, -0.2) is 37.0 Å². The highest BCUT2D eigenvalue weighted by Gasteiger charge is 2.13. The molecule has 0 spiro atoms. The molecule has 0 aliphatic rings. The molecule has 0 radical (unpaired) electrons. The Bertz CT molecular complexity index is 798. The van der Waals surface area contributed by atoms with Crippen LogP contribution in [0.1, 0.15) is 219 Å². The molecule has 0 rings (SSSR count). The molecule has 0 aromatic carbocycles. The maximum atomic E-state index is 12.2. The van der Waals surface area contributed by atoms with E-state index < -0.39 is 6.10 Å². The van der Waals surface area contributed by atoms with Crippen molar-refractivity contribution in [3.63, 3.8) is 0 Å². The fourth-order valence-corrected chi connectivity index (χ4v) is 6.38. The second-order valence-electron chi connectivity index (χ2n) is 14.7. The van der Waals surface area contributed by atoms with E-state index in [1.807, 2.05) is 0 Å². The van der Waals surface area contributed by atoms with Crippen LogP contribution in [0.5, 0.6) is 0 Å². The molecular weight excluding hydrogens is 629 g/mol. The molecule has 0 amide bonds. The van der Waals surface area contributed by atoms with Crippen molar-refractivity contribution in [2.75, 3.05) is 19.8 Å².